The molecule has 4 heteroatoms. The van der Waals surface area contributed by atoms with E-state index in [4.69, 9.17) is 22.3 Å². The van der Waals surface area contributed by atoms with E-state index in [9.17, 15) is 0 Å². The van der Waals surface area contributed by atoms with Crippen LogP contribution < -0.4 is 0 Å². The Hall–Kier alpha value is 1.23. The zero-order valence-electron chi connectivity index (χ0n) is 18.7. The second-order valence-corrected chi connectivity index (χ2v) is 24.7. The number of hydrogen-bond donors (Lipinski definition) is 0. The summed E-state index contributed by atoms with van der Waals surface area (Å²) in [7, 11) is -1.35. The van der Waals surface area contributed by atoms with Gasteiger partial charge in [0, 0.05) is 0 Å². The Morgan fingerprint density at radius 3 is 1.31 bits per heavy atom. The van der Waals surface area contributed by atoms with Crippen LogP contribution in [0, 0.1) is 0 Å². The van der Waals surface area contributed by atoms with E-state index < -0.39 is 13.3 Å². The van der Waals surface area contributed by atoms with Gasteiger partial charge in [-0.3, -0.25) is 0 Å². The average Bonchev–Trinajstić information content (AvgIpc) is 2.59. The molecule has 0 aliphatic carbocycles. The molecule has 0 aliphatic rings. The maximum absolute atomic E-state index is 7.67. The zero-order chi connectivity index (χ0) is 20.0. The van der Waals surface area contributed by atoms with Gasteiger partial charge >= 0.3 is 177 Å². The molecule has 0 aliphatic heterocycles. The molecule has 0 N–H and O–H groups in total. The molecule has 0 aromatic carbocycles. The van der Waals surface area contributed by atoms with E-state index in [1.54, 1.807) is 0 Å². The zero-order valence-corrected chi connectivity index (χ0v) is 22.1. The van der Waals surface area contributed by atoms with Crippen molar-refractivity contribution in [1.82, 2.24) is 0 Å². The van der Waals surface area contributed by atoms with E-state index in [0.29, 0.717) is 0 Å². The Labute approximate surface area is 177 Å². The summed E-state index contributed by atoms with van der Waals surface area (Å²) in [6, 6.07) is 1.28. The summed E-state index contributed by atoms with van der Waals surface area (Å²) in [5.74, 6) is -1.99. The monoisotopic (exact) mass is 442 g/mol. The Morgan fingerprint density at radius 2 is 0.923 bits per heavy atom. The predicted molar refractivity (Wildman–Crippen MR) is 133 cm³/mol. The summed E-state index contributed by atoms with van der Waals surface area (Å²) in [5, 5.41) is 0. The minimum absolute atomic E-state index is 1.28. The van der Waals surface area contributed by atoms with Crippen LogP contribution in [-0.2, 0) is 0 Å². The van der Waals surface area contributed by atoms with Gasteiger partial charge in [-0.25, -0.2) is 0 Å². The third-order valence-corrected chi connectivity index (χ3v) is 15.8. The predicted octanol–water partition coefficient (Wildman–Crippen LogP) is 9.88. The van der Waals surface area contributed by atoms with Gasteiger partial charge < -0.3 is 0 Å². The molecular weight excluding hydrogens is 394 g/mol. The first-order valence-electron chi connectivity index (χ1n) is 11.6. The molecule has 0 heterocycles. The molecule has 0 fully saturated rings. The molecule has 0 rings (SSSR count). The topological polar surface area (TPSA) is 0 Å². The van der Waals surface area contributed by atoms with Crippen molar-refractivity contribution in [1.29, 1.82) is 0 Å². The maximum atomic E-state index is 7.67. The van der Waals surface area contributed by atoms with Gasteiger partial charge in [-0.2, -0.15) is 0 Å². The molecule has 0 atom stereocenters. The molecule has 0 bridgehead atoms. The fourth-order valence-corrected chi connectivity index (χ4v) is 12.7. The fraction of sp³-hybridized carbons (Fsp3) is 1.00. The second kappa shape index (κ2) is 14.2. The second-order valence-electron chi connectivity index (χ2n) is 9.36. The van der Waals surface area contributed by atoms with Crippen LogP contribution in [0.1, 0.15) is 97.8 Å². The SMILES string of the molecule is CCCCP(Cl)(CCCC)(CCCC)CCCCCCCC[Si](C)(C)Cl. The molecule has 0 aromatic rings. The summed E-state index contributed by atoms with van der Waals surface area (Å²) in [4.78, 5) is 0. The van der Waals surface area contributed by atoms with Crippen molar-refractivity contribution in [2.75, 3.05) is 24.6 Å². The molecule has 0 saturated carbocycles. The van der Waals surface area contributed by atoms with E-state index >= 15 is 0 Å². The van der Waals surface area contributed by atoms with E-state index in [2.05, 4.69) is 33.9 Å². The summed E-state index contributed by atoms with van der Waals surface area (Å²) < 4.78 is 0. The Kier molecular flexibility index (Phi) is 14.9. The van der Waals surface area contributed by atoms with E-state index in [1.165, 1.54) is 108 Å². The number of rotatable bonds is 18. The van der Waals surface area contributed by atoms with Crippen LogP contribution in [0.3, 0.4) is 0 Å². The summed E-state index contributed by atoms with van der Waals surface area (Å²) in [6.45, 7) is 11.5. The standard InChI is InChI=1S/C22H49Cl2PSi/c1-6-9-18-25(23,19-10-7-2,20-11-8-3)21-16-14-12-13-15-17-22-26(4,5)24/h6-22H2,1-5H3. The normalized spacial score (nSPS) is 14.3. The van der Waals surface area contributed by atoms with Gasteiger partial charge in [0.15, 0.2) is 0 Å². The van der Waals surface area contributed by atoms with Gasteiger partial charge in [0.05, 0.1) is 0 Å². The van der Waals surface area contributed by atoms with Crippen molar-refractivity contribution in [3.8, 4) is 0 Å². The van der Waals surface area contributed by atoms with Crippen LogP contribution in [0.2, 0.25) is 19.1 Å². The van der Waals surface area contributed by atoms with Crippen molar-refractivity contribution < 1.29 is 0 Å². The molecule has 0 radical (unpaired) electrons. The number of unbranched alkanes of at least 4 members (excludes halogenated alkanes) is 8. The number of hydrogen-bond acceptors (Lipinski definition) is 0. The molecule has 0 nitrogen and oxygen atoms in total. The van der Waals surface area contributed by atoms with Gasteiger partial charge in [-0.1, -0.05) is 0 Å². The molecule has 0 saturated heterocycles. The van der Waals surface area contributed by atoms with Crippen LogP contribution in [-0.4, -0.2) is 32.0 Å². The van der Waals surface area contributed by atoms with Crippen LogP contribution in [0.5, 0.6) is 0 Å². The molecular formula is C22H49Cl2PSi. The van der Waals surface area contributed by atoms with Crippen LogP contribution in [0.4, 0.5) is 0 Å². The quantitative estimate of drug-likeness (QED) is 0.0855. The van der Waals surface area contributed by atoms with Gasteiger partial charge in [-0.05, 0) is 0 Å². The van der Waals surface area contributed by atoms with Crippen LogP contribution in [0.15, 0.2) is 0 Å². The van der Waals surface area contributed by atoms with E-state index in [1.807, 2.05) is 0 Å². The van der Waals surface area contributed by atoms with Crippen molar-refractivity contribution >= 4 is 35.7 Å². The molecule has 0 aromatic heterocycles. The first-order valence-corrected chi connectivity index (χ1v) is 19.7. The summed E-state index contributed by atoms with van der Waals surface area (Å²) in [6.07, 6.45) is 21.5. The third kappa shape index (κ3) is 13.4. The molecule has 26 heavy (non-hydrogen) atoms. The Balaban J connectivity index is 4.39. The van der Waals surface area contributed by atoms with Gasteiger partial charge in [0.2, 0.25) is 0 Å². The first-order chi connectivity index (χ1) is 12.2. The molecule has 0 unspecified atom stereocenters. The molecule has 0 amide bonds. The summed E-state index contributed by atoms with van der Waals surface area (Å²) >= 11 is 14.1. The molecule has 160 valence electrons. The van der Waals surface area contributed by atoms with Crippen LogP contribution >= 0.6 is 28.3 Å². The first kappa shape index (κ1) is 27.2. The molecule has 0 spiro atoms. The van der Waals surface area contributed by atoms with Crippen LogP contribution in [0.25, 0.3) is 0 Å². The van der Waals surface area contributed by atoms with E-state index in [-0.39, 0.29) is 0 Å². The Bertz CT molecular complexity index is 317. The van der Waals surface area contributed by atoms with Crippen molar-refractivity contribution in [2.45, 2.75) is 117 Å². The van der Waals surface area contributed by atoms with Gasteiger partial charge in [0.1, 0.15) is 0 Å². The van der Waals surface area contributed by atoms with Gasteiger partial charge in [-0.15, -0.1) is 0 Å². The van der Waals surface area contributed by atoms with Crippen molar-refractivity contribution in [3.63, 3.8) is 0 Å². The summed E-state index contributed by atoms with van der Waals surface area (Å²) in [5.41, 5.74) is 0. The third-order valence-electron chi connectivity index (χ3n) is 5.95. The van der Waals surface area contributed by atoms with Gasteiger partial charge in [0.25, 0.3) is 0 Å². The number of halogens is 2. The van der Waals surface area contributed by atoms with E-state index in [0.717, 1.165) is 0 Å². The average molecular weight is 444 g/mol. The van der Waals surface area contributed by atoms with Crippen molar-refractivity contribution in [3.05, 3.63) is 0 Å². The van der Waals surface area contributed by atoms with Crippen molar-refractivity contribution in [2.24, 2.45) is 0 Å². The Morgan fingerprint density at radius 1 is 0.577 bits per heavy atom. The minimum atomic E-state index is -1.99. The fourth-order valence-electron chi connectivity index (χ4n) is 4.09.